The van der Waals surface area contributed by atoms with Crippen molar-refractivity contribution in [1.82, 2.24) is 4.98 Å². The Morgan fingerprint density at radius 1 is 1.62 bits per heavy atom. The lowest BCUT2D eigenvalue weighted by Gasteiger charge is -2.29. The fourth-order valence-electron chi connectivity index (χ4n) is 2.54. The van der Waals surface area contributed by atoms with Gasteiger partial charge in [0.15, 0.2) is 0 Å². The summed E-state index contributed by atoms with van der Waals surface area (Å²) >= 11 is 0. The molecule has 2 unspecified atom stereocenters. The van der Waals surface area contributed by atoms with Crippen LogP contribution < -0.4 is 11.1 Å². The zero-order chi connectivity index (χ0) is 17.9. The molecule has 0 spiro atoms. The van der Waals surface area contributed by atoms with E-state index in [2.05, 4.69) is 10.3 Å². The molecule has 4 N–H and O–H groups in total. The highest BCUT2D eigenvalue weighted by Gasteiger charge is 2.31. The zero-order valence-electron chi connectivity index (χ0n) is 13.8. The zero-order valence-corrected chi connectivity index (χ0v) is 13.8. The highest BCUT2D eigenvalue weighted by molar-refractivity contribution is 5.99. The second-order valence-electron chi connectivity index (χ2n) is 6.50. The molecule has 0 aromatic carbocycles. The summed E-state index contributed by atoms with van der Waals surface area (Å²) in [4.78, 5) is 15.9. The summed E-state index contributed by atoms with van der Waals surface area (Å²) in [6.45, 7) is 3.05. The molecule has 0 radical (unpaired) electrons. The van der Waals surface area contributed by atoms with Gasteiger partial charge in [0.25, 0.3) is 5.91 Å². The number of aromatic nitrogens is 1. The average Bonchev–Trinajstić information content (AvgIpc) is 2.48. The van der Waals surface area contributed by atoms with E-state index in [0.717, 1.165) is 0 Å². The van der Waals surface area contributed by atoms with Crippen LogP contribution in [0.25, 0.3) is 0 Å². The van der Waals surface area contributed by atoms with Gasteiger partial charge in [-0.1, -0.05) is 0 Å². The Morgan fingerprint density at radius 3 is 2.92 bits per heavy atom. The number of nitrogens with zero attached hydrogens (tertiary/aromatic N) is 1. The largest absolute Gasteiger partial charge is 0.387 e. The standard InChI is InChI=1S/C16H23F2N3O3/c1-16(2,23)13(18)7-12-14(15(19)22)11(3-5-20-12)21-10-4-6-24-8-9(10)17/h3,5,9-10,13,23H,4,6-8H2,1-2H3,(H2,19,22)(H,20,21)/t9?,10?,13-/m1/s1. The summed E-state index contributed by atoms with van der Waals surface area (Å²) in [5.74, 6) is -0.786. The predicted octanol–water partition coefficient (Wildman–Crippen LogP) is 1.37. The van der Waals surface area contributed by atoms with Gasteiger partial charge in [-0.05, 0) is 26.3 Å². The lowest BCUT2D eigenvalue weighted by molar-refractivity contribution is -0.00307. The Bertz CT molecular complexity index is 592. The lowest BCUT2D eigenvalue weighted by Crippen LogP contribution is -2.40. The normalized spacial score (nSPS) is 22.9. The summed E-state index contributed by atoms with van der Waals surface area (Å²) in [5.41, 5.74) is 4.30. The van der Waals surface area contributed by atoms with Crippen LogP contribution in [0.4, 0.5) is 14.5 Å². The number of nitrogens with two attached hydrogens (primary N) is 1. The van der Waals surface area contributed by atoms with Crippen molar-refractivity contribution < 1.29 is 23.4 Å². The van der Waals surface area contributed by atoms with Gasteiger partial charge in [0, 0.05) is 19.2 Å². The molecule has 6 nitrogen and oxygen atoms in total. The van der Waals surface area contributed by atoms with Crippen molar-refractivity contribution in [2.24, 2.45) is 5.73 Å². The van der Waals surface area contributed by atoms with Crippen LogP contribution in [0.15, 0.2) is 12.3 Å². The first kappa shape index (κ1) is 18.5. The number of hydrogen-bond donors (Lipinski definition) is 3. The molecule has 2 heterocycles. The van der Waals surface area contributed by atoms with E-state index in [9.17, 15) is 18.7 Å². The molecule has 0 bridgehead atoms. The number of hydrogen-bond acceptors (Lipinski definition) is 5. The third-order valence-electron chi connectivity index (χ3n) is 4.04. The number of carbonyl (C=O) groups excluding carboxylic acids is 1. The van der Waals surface area contributed by atoms with E-state index in [0.29, 0.717) is 18.7 Å². The van der Waals surface area contributed by atoms with Crippen LogP contribution in [0.3, 0.4) is 0 Å². The van der Waals surface area contributed by atoms with Gasteiger partial charge in [0.1, 0.15) is 12.3 Å². The van der Waals surface area contributed by atoms with Crippen LogP contribution in [-0.4, -0.2) is 53.2 Å². The summed E-state index contributed by atoms with van der Waals surface area (Å²) < 4.78 is 33.1. The molecule has 2 rings (SSSR count). The van der Waals surface area contributed by atoms with Crippen LogP contribution in [0.5, 0.6) is 0 Å². The van der Waals surface area contributed by atoms with E-state index in [-0.39, 0.29) is 24.3 Å². The van der Waals surface area contributed by atoms with E-state index >= 15 is 0 Å². The number of halogens is 2. The van der Waals surface area contributed by atoms with E-state index in [1.54, 1.807) is 0 Å². The Balaban J connectivity index is 2.28. The highest BCUT2D eigenvalue weighted by atomic mass is 19.1. The van der Waals surface area contributed by atoms with Crippen LogP contribution in [0.2, 0.25) is 0 Å². The fraction of sp³-hybridized carbons (Fsp3) is 0.625. The van der Waals surface area contributed by atoms with Gasteiger partial charge >= 0.3 is 0 Å². The molecule has 1 aromatic heterocycles. The first-order valence-corrected chi connectivity index (χ1v) is 7.82. The van der Waals surface area contributed by atoms with E-state index in [1.165, 1.54) is 26.1 Å². The van der Waals surface area contributed by atoms with Crippen LogP contribution >= 0.6 is 0 Å². The summed E-state index contributed by atoms with van der Waals surface area (Å²) in [7, 11) is 0. The Morgan fingerprint density at radius 2 is 2.33 bits per heavy atom. The van der Waals surface area contributed by atoms with Crippen molar-refractivity contribution in [3.05, 3.63) is 23.5 Å². The minimum atomic E-state index is -1.63. The first-order chi connectivity index (χ1) is 11.2. The molecule has 1 saturated heterocycles. The third kappa shape index (κ3) is 4.39. The number of anilines is 1. The minimum absolute atomic E-state index is 0.0168. The van der Waals surface area contributed by atoms with Crippen LogP contribution in [-0.2, 0) is 11.2 Å². The smallest absolute Gasteiger partial charge is 0.252 e. The van der Waals surface area contributed by atoms with Gasteiger partial charge in [-0.2, -0.15) is 0 Å². The number of pyridine rings is 1. The lowest BCUT2D eigenvalue weighted by atomic mass is 9.96. The van der Waals surface area contributed by atoms with Crippen molar-refractivity contribution in [3.8, 4) is 0 Å². The van der Waals surface area contributed by atoms with Gasteiger partial charge in [-0.15, -0.1) is 0 Å². The van der Waals surface area contributed by atoms with Crippen molar-refractivity contribution in [3.63, 3.8) is 0 Å². The molecule has 8 heteroatoms. The first-order valence-electron chi connectivity index (χ1n) is 7.82. The van der Waals surface area contributed by atoms with Gasteiger partial charge in [0.2, 0.25) is 0 Å². The summed E-state index contributed by atoms with van der Waals surface area (Å²) in [5, 5.41) is 12.7. The maximum atomic E-state index is 14.2. The molecule has 1 aliphatic rings. The maximum Gasteiger partial charge on any atom is 0.252 e. The minimum Gasteiger partial charge on any atom is -0.387 e. The number of aliphatic hydroxyl groups is 1. The van der Waals surface area contributed by atoms with Crippen LogP contribution in [0, 0.1) is 0 Å². The molecule has 0 saturated carbocycles. The molecule has 1 aliphatic heterocycles. The van der Waals surface area contributed by atoms with Crippen molar-refractivity contribution >= 4 is 11.6 Å². The second kappa shape index (κ2) is 7.40. The summed E-state index contributed by atoms with van der Waals surface area (Å²) in [6.07, 6.45) is -1.29. The second-order valence-corrected chi connectivity index (χ2v) is 6.50. The monoisotopic (exact) mass is 343 g/mol. The quantitative estimate of drug-likeness (QED) is 0.725. The SMILES string of the molecule is CC(C)(O)[C@H](F)Cc1nccc(NC2CCOCC2F)c1C(N)=O. The number of rotatable bonds is 6. The van der Waals surface area contributed by atoms with Gasteiger partial charge in [-0.25, -0.2) is 8.78 Å². The Labute approximate surface area is 139 Å². The van der Waals surface area contributed by atoms with E-state index < -0.39 is 29.9 Å². The Kier molecular flexibility index (Phi) is 5.71. The topological polar surface area (TPSA) is 97.5 Å². The summed E-state index contributed by atoms with van der Waals surface area (Å²) in [6, 6.07) is 0.978. The maximum absolute atomic E-state index is 14.2. The van der Waals surface area contributed by atoms with Crippen molar-refractivity contribution in [2.75, 3.05) is 18.5 Å². The molecule has 1 amide bonds. The number of alkyl halides is 2. The molecule has 24 heavy (non-hydrogen) atoms. The number of primary amides is 1. The number of nitrogens with one attached hydrogen (secondary N) is 1. The van der Waals surface area contributed by atoms with E-state index in [4.69, 9.17) is 10.5 Å². The number of ether oxygens (including phenoxy) is 1. The molecule has 134 valence electrons. The predicted molar refractivity (Wildman–Crippen MR) is 85.4 cm³/mol. The number of amides is 1. The van der Waals surface area contributed by atoms with Crippen molar-refractivity contribution in [1.29, 1.82) is 0 Å². The molecular weight excluding hydrogens is 320 g/mol. The Hall–Kier alpha value is -1.80. The van der Waals surface area contributed by atoms with Gasteiger partial charge in [-0.3, -0.25) is 9.78 Å². The van der Waals surface area contributed by atoms with Crippen LogP contribution in [0.1, 0.15) is 36.3 Å². The molecule has 1 fully saturated rings. The molecule has 0 aliphatic carbocycles. The molecular formula is C16H23F2N3O3. The molecule has 1 aromatic rings. The van der Waals surface area contributed by atoms with Gasteiger partial charge in [0.05, 0.1) is 35.2 Å². The highest BCUT2D eigenvalue weighted by Crippen LogP contribution is 2.25. The van der Waals surface area contributed by atoms with E-state index in [1.807, 2.05) is 0 Å². The fourth-order valence-corrected chi connectivity index (χ4v) is 2.54. The average molecular weight is 343 g/mol. The van der Waals surface area contributed by atoms with Crippen molar-refractivity contribution in [2.45, 2.75) is 50.7 Å². The number of carbonyl (C=O) groups is 1. The third-order valence-corrected chi connectivity index (χ3v) is 4.04. The van der Waals surface area contributed by atoms with Gasteiger partial charge < -0.3 is 20.9 Å². The molecule has 3 atom stereocenters.